The van der Waals surface area contributed by atoms with E-state index in [-0.39, 0.29) is 5.91 Å². The highest BCUT2D eigenvalue weighted by Gasteiger charge is 2.33. The van der Waals surface area contributed by atoms with Crippen molar-refractivity contribution in [2.24, 2.45) is 0 Å². The predicted molar refractivity (Wildman–Crippen MR) is 71.5 cm³/mol. The second kappa shape index (κ2) is 4.73. The number of hydrogen-bond donors (Lipinski definition) is 2. The predicted octanol–water partition coefficient (Wildman–Crippen LogP) is 1.72. The Balaban J connectivity index is 1.51. The van der Waals surface area contributed by atoms with Crippen LogP contribution in [-0.4, -0.2) is 24.5 Å². The van der Waals surface area contributed by atoms with Gasteiger partial charge in [0, 0.05) is 25.0 Å². The summed E-state index contributed by atoms with van der Waals surface area (Å²) in [5.41, 5.74) is 2.90. The van der Waals surface area contributed by atoms with E-state index in [0.717, 1.165) is 6.54 Å². The summed E-state index contributed by atoms with van der Waals surface area (Å²) >= 11 is 0. The first-order chi connectivity index (χ1) is 8.72. The van der Waals surface area contributed by atoms with Crippen molar-refractivity contribution >= 4 is 5.91 Å². The molecule has 1 aliphatic carbocycles. The van der Waals surface area contributed by atoms with E-state index in [4.69, 9.17) is 0 Å². The molecule has 2 aliphatic rings. The summed E-state index contributed by atoms with van der Waals surface area (Å²) < 4.78 is 0. The van der Waals surface area contributed by atoms with Crippen LogP contribution in [0.25, 0.3) is 0 Å². The Hall–Kier alpha value is -1.35. The van der Waals surface area contributed by atoms with Gasteiger partial charge in [0.2, 0.25) is 5.91 Å². The minimum atomic E-state index is 0.183. The molecule has 1 saturated carbocycles. The van der Waals surface area contributed by atoms with Crippen LogP contribution in [-0.2, 0) is 4.79 Å². The topological polar surface area (TPSA) is 41.1 Å². The average molecular weight is 244 g/mol. The molecule has 3 rings (SSSR count). The SMILES string of the molecule is Cc1ccccc1C1CC(NC2CNC(=O)C2)C1. The lowest BCUT2D eigenvalue weighted by Gasteiger charge is -2.38. The molecule has 96 valence electrons. The first-order valence-corrected chi connectivity index (χ1v) is 6.80. The van der Waals surface area contributed by atoms with Crippen LogP contribution in [0, 0.1) is 6.92 Å². The van der Waals surface area contributed by atoms with Crippen molar-refractivity contribution in [3.63, 3.8) is 0 Å². The molecule has 3 heteroatoms. The summed E-state index contributed by atoms with van der Waals surface area (Å²) in [4.78, 5) is 11.1. The van der Waals surface area contributed by atoms with E-state index >= 15 is 0 Å². The molecule has 18 heavy (non-hydrogen) atoms. The Labute approximate surface area is 108 Å². The maximum absolute atomic E-state index is 11.1. The highest BCUT2D eigenvalue weighted by molar-refractivity contribution is 5.78. The minimum Gasteiger partial charge on any atom is -0.354 e. The van der Waals surface area contributed by atoms with E-state index in [0.29, 0.717) is 24.4 Å². The highest BCUT2D eigenvalue weighted by Crippen LogP contribution is 2.38. The lowest BCUT2D eigenvalue weighted by atomic mass is 9.74. The molecule has 1 atom stereocenters. The first kappa shape index (κ1) is 11.7. The third kappa shape index (κ3) is 2.27. The zero-order valence-electron chi connectivity index (χ0n) is 10.8. The van der Waals surface area contributed by atoms with Crippen LogP contribution < -0.4 is 10.6 Å². The second-order valence-electron chi connectivity index (χ2n) is 5.59. The van der Waals surface area contributed by atoms with Gasteiger partial charge in [-0.2, -0.15) is 0 Å². The average Bonchev–Trinajstić information content (AvgIpc) is 2.70. The fraction of sp³-hybridized carbons (Fsp3) is 0.533. The van der Waals surface area contributed by atoms with E-state index in [1.54, 1.807) is 0 Å². The number of carbonyl (C=O) groups is 1. The van der Waals surface area contributed by atoms with Crippen LogP contribution in [0.5, 0.6) is 0 Å². The van der Waals surface area contributed by atoms with Gasteiger partial charge in [0.15, 0.2) is 0 Å². The minimum absolute atomic E-state index is 0.183. The molecule has 0 aromatic heterocycles. The molecule has 3 nitrogen and oxygen atoms in total. The Kier molecular flexibility index (Phi) is 3.08. The molecule has 0 spiro atoms. The fourth-order valence-electron chi connectivity index (χ4n) is 3.11. The molecule has 2 fully saturated rings. The van der Waals surface area contributed by atoms with Gasteiger partial charge in [-0.25, -0.2) is 0 Å². The zero-order chi connectivity index (χ0) is 12.5. The molecule has 1 saturated heterocycles. The van der Waals surface area contributed by atoms with Gasteiger partial charge in [-0.05, 0) is 36.8 Å². The quantitative estimate of drug-likeness (QED) is 0.850. The van der Waals surface area contributed by atoms with Crippen molar-refractivity contribution < 1.29 is 4.79 Å². The van der Waals surface area contributed by atoms with Crippen molar-refractivity contribution in [1.82, 2.24) is 10.6 Å². The van der Waals surface area contributed by atoms with Crippen molar-refractivity contribution in [3.05, 3.63) is 35.4 Å². The van der Waals surface area contributed by atoms with Crippen LogP contribution >= 0.6 is 0 Å². The van der Waals surface area contributed by atoms with Crippen molar-refractivity contribution in [2.75, 3.05) is 6.54 Å². The summed E-state index contributed by atoms with van der Waals surface area (Å²) in [6.07, 6.45) is 3.05. The van der Waals surface area contributed by atoms with E-state index < -0.39 is 0 Å². The maximum atomic E-state index is 11.1. The standard InChI is InChI=1S/C15H20N2O/c1-10-4-2-3-5-14(10)11-6-12(7-11)17-13-8-15(18)16-9-13/h2-5,11-13,17H,6-9H2,1H3,(H,16,18). The number of carbonyl (C=O) groups excluding carboxylic acids is 1. The second-order valence-corrected chi connectivity index (χ2v) is 5.59. The lowest BCUT2D eigenvalue weighted by Crippen LogP contribution is -2.46. The molecule has 1 unspecified atom stereocenters. The van der Waals surface area contributed by atoms with Gasteiger partial charge in [-0.1, -0.05) is 24.3 Å². The van der Waals surface area contributed by atoms with Gasteiger partial charge in [-0.3, -0.25) is 4.79 Å². The number of benzene rings is 1. The van der Waals surface area contributed by atoms with Gasteiger partial charge in [0.1, 0.15) is 0 Å². The molecule has 1 aromatic rings. The van der Waals surface area contributed by atoms with Gasteiger partial charge in [0.05, 0.1) is 0 Å². The van der Waals surface area contributed by atoms with Gasteiger partial charge in [0.25, 0.3) is 0 Å². The van der Waals surface area contributed by atoms with E-state index in [9.17, 15) is 4.79 Å². The number of hydrogen-bond acceptors (Lipinski definition) is 2. The van der Waals surface area contributed by atoms with Gasteiger partial charge >= 0.3 is 0 Å². The molecule has 1 aromatic carbocycles. The van der Waals surface area contributed by atoms with Crippen LogP contribution in [0.1, 0.15) is 36.3 Å². The molecule has 1 aliphatic heterocycles. The Morgan fingerprint density at radius 2 is 2.00 bits per heavy atom. The summed E-state index contributed by atoms with van der Waals surface area (Å²) in [5.74, 6) is 0.885. The summed E-state index contributed by atoms with van der Waals surface area (Å²) in [7, 11) is 0. The number of amides is 1. The zero-order valence-corrected chi connectivity index (χ0v) is 10.8. The van der Waals surface area contributed by atoms with Crippen molar-refractivity contribution in [2.45, 2.75) is 44.2 Å². The molecule has 0 radical (unpaired) electrons. The van der Waals surface area contributed by atoms with E-state index in [2.05, 4.69) is 41.8 Å². The van der Waals surface area contributed by atoms with Crippen LogP contribution in [0.2, 0.25) is 0 Å². The summed E-state index contributed by atoms with van der Waals surface area (Å²) in [6, 6.07) is 9.60. The monoisotopic (exact) mass is 244 g/mol. The van der Waals surface area contributed by atoms with Crippen LogP contribution in [0.3, 0.4) is 0 Å². The smallest absolute Gasteiger partial charge is 0.221 e. The van der Waals surface area contributed by atoms with Crippen LogP contribution in [0.15, 0.2) is 24.3 Å². The summed E-state index contributed by atoms with van der Waals surface area (Å²) in [5, 5.41) is 6.46. The Bertz CT molecular complexity index is 452. The Morgan fingerprint density at radius 1 is 1.22 bits per heavy atom. The first-order valence-electron chi connectivity index (χ1n) is 6.80. The molecular weight excluding hydrogens is 224 g/mol. The maximum Gasteiger partial charge on any atom is 0.221 e. The van der Waals surface area contributed by atoms with Gasteiger partial charge in [-0.15, -0.1) is 0 Å². The van der Waals surface area contributed by atoms with Crippen molar-refractivity contribution in [3.8, 4) is 0 Å². The number of rotatable bonds is 3. The molecule has 2 N–H and O–H groups in total. The fourth-order valence-corrected chi connectivity index (χ4v) is 3.11. The summed E-state index contributed by atoms with van der Waals surface area (Å²) in [6.45, 7) is 2.99. The third-order valence-electron chi connectivity index (χ3n) is 4.22. The third-order valence-corrected chi connectivity index (χ3v) is 4.22. The number of nitrogens with one attached hydrogen (secondary N) is 2. The molecule has 0 bridgehead atoms. The molecule has 1 heterocycles. The molecule has 1 amide bonds. The van der Waals surface area contributed by atoms with Gasteiger partial charge < -0.3 is 10.6 Å². The van der Waals surface area contributed by atoms with E-state index in [1.165, 1.54) is 24.0 Å². The Morgan fingerprint density at radius 3 is 2.67 bits per heavy atom. The largest absolute Gasteiger partial charge is 0.354 e. The van der Waals surface area contributed by atoms with Crippen molar-refractivity contribution in [1.29, 1.82) is 0 Å². The van der Waals surface area contributed by atoms with Crippen LogP contribution in [0.4, 0.5) is 0 Å². The number of aryl methyl sites for hydroxylation is 1. The lowest BCUT2D eigenvalue weighted by molar-refractivity contribution is -0.119. The van der Waals surface area contributed by atoms with E-state index in [1.807, 2.05) is 0 Å². The highest BCUT2D eigenvalue weighted by atomic mass is 16.1. The molecular formula is C15H20N2O. The normalized spacial score (nSPS) is 30.9.